The highest BCUT2D eigenvalue weighted by Crippen LogP contribution is 2.25. The summed E-state index contributed by atoms with van der Waals surface area (Å²) < 4.78 is 5.92. The Morgan fingerprint density at radius 3 is 2.69 bits per heavy atom. The number of amides is 1. The lowest BCUT2D eigenvalue weighted by Gasteiger charge is -2.38. The molecule has 1 aromatic carbocycles. The van der Waals surface area contributed by atoms with Gasteiger partial charge in [-0.2, -0.15) is 0 Å². The number of likely N-dealkylation sites (tertiary alicyclic amines) is 1. The van der Waals surface area contributed by atoms with Crippen LogP contribution in [0.1, 0.15) is 12.0 Å². The van der Waals surface area contributed by atoms with E-state index in [2.05, 4.69) is 34.1 Å². The van der Waals surface area contributed by atoms with Crippen molar-refractivity contribution in [3.8, 4) is 5.75 Å². The van der Waals surface area contributed by atoms with Crippen molar-refractivity contribution in [2.75, 3.05) is 33.8 Å². The molecule has 138 valence electrons. The highest BCUT2D eigenvalue weighted by Gasteiger charge is 2.32. The fraction of sp³-hybridized carbons (Fsp3) is 0.429. The Morgan fingerprint density at radius 2 is 2.00 bits per heavy atom. The van der Waals surface area contributed by atoms with Gasteiger partial charge in [0.25, 0.3) is 0 Å². The van der Waals surface area contributed by atoms with Gasteiger partial charge in [0.1, 0.15) is 5.75 Å². The fourth-order valence-electron chi connectivity index (χ4n) is 3.58. The second-order valence-corrected chi connectivity index (χ2v) is 7.21. The molecule has 2 heterocycles. The van der Waals surface area contributed by atoms with E-state index in [1.807, 2.05) is 32.3 Å². The summed E-state index contributed by atoms with van der Waals surface area (Å²) in [6, 6.07) is 14.2. The van der Waals surface area contributed by atoms with Crippen molar-refractivity contribution in [1.82, 2.24) is 14.8 Å². The molecule has 0 aliphatic carbocycles. The highest BCUT2D eigenvalue weighted by atomic mass is 16.5. The number of aromatic nitrogens is 1. The van der Waals surface area contributed by atoms with Crippen molar-refractivity contribution in [2.45, 2.75) is 13.0 Å². The van der Waals surface area contributed by atoms with Gasteiger partial charge in [0.05, 0.1) is 18.7 Å². The van der Waals surface area contributed by atoms with E-state index in [9.17, 15) is 4.79 Å². The minimum absolute atomic E-state index is 0.0185. The minimum Gasteiger partial charge on any atom is -0.492 e. The Morgan fingerprint density at radius 1 is 1.19 bits per heavy atom. The van der Waals surface area contributed by atoms with Gasteiger partial charge in [-0.1, -0.05) is 30.3 Å². The molecule has 1 aliphatic heterocycles. The second-order valence-electron chi connectivity index (χ2n) is 7.21. The molecular weight excluding hydrogens is 326 g/mol. The van der Waals surface area contributed by atoms with Gasteiger partial charge in [-0.25, -0.2) is 0 Å². The maximum Gasteiger partial charge on any atom is 0.226 e. The molecule has 0 spiro atoms. The van der Waals surface area contributed by atoms with Gasteiger partial charge in [-0.15, -0.1) is 0 Å². The van der Waals surface area contributed by atoms with E-state index in [1.165, 1.54) is 5.56 Å². The Hall–Kier alpha value is -2.40. The highest BCUT2D eigenvalue weighted by molar-refractivity contribution is 5.78. The lowest BCUT2D eigenvalue weighted by atomic mass is 9.88. The molecule has 2 atom stereocenters. The van der Waals surface area contributed by atoms with E-state index in [0.717, 1.165) is 31.8 Å². The van der Waals surface area contributed by atoms with Crippen molar-refractivity contribution in [2.24, 2.45) is 11.8 Å². The van der Waals surface area contributed by atoms with Crippen LogP contribution in [0.2, 0.25) is 0 Å². The van der Waals surface area contributed by atoms with Crippen molar-refractivity contribution in [1.29, 1.82) is 0 Å². The molecule has 5 nitrogen and oxygen atoms in total. The van der Waals surface area contributed by atoms with Crippen LogP contribution in [-0.4, -0.2) is 54.5 Å². The number of pyridine rings is 1. The van der Waals surface area contributed by atoms with Crippen molar-refractivity contribution in [3.05, 3.63) is 60.4 Å². The molecule has 3 rings (SSSR count). The van der Waals surface area contributed by atoms with Crippen LogP contribution in [0, 0.1) is 11.8 Å². The molecule has 0 bridgehead atoms. The molecule has 5 heteroatoms. The van der Waals surface area contributed by atoms with Crippen LogP contribution in [0.15, 0.2) is 54.9 Å². The second kappa shape index (κ2) is 8.81. The number of ether oxygens (including phenoxy) is 1. The third-order valence-electron chi connectivity index (χ3n) is 4.77. The van der Waals surface area contributed by atoms with Gasteiger partial charge in [-0.3, -0.25) is 14.7 Å². The summed E-state index contributed by atoms with van der Waals surface area (Å²) in [5.74, 6) is 1.32. The summed E-state index contributed by atoms with van der Waals surface area (Å²) in [6.07, 6.45) is 4.33. The molecule has 0 saturated carbocycles. The third-order valence-corrected chi connectivity index (χ3v) is 4.77. The van der Waals surface area contributed by atoms with E-state index < -0.39 is 0 Å². The van der Waals surface area contributed by atoms with Crippen molar-refractivity contribution >= 4 is 5.91 Å². The largest absolute Gasteiger partial charge is 0.492 e. The summed E-state index contributed by atoms with van der Waals surface area (Å²) in [7, 11) is 3.67. The molecule has 1 amide bonds. The number of benzene rings is 1. The fourth-order valence-corrected chi connectivity index (χ4v) is 3.58. The first kappa shape index (κ1) is 18.4. The van der Waals surface area contributed by atoms with E-state index >= 15 is 0 Å². The van der Waals surface area contributed by atoms with E-state index in [1.54, 1.807) is 17.3 Å². The molecule has 1 fully saturated rings. The predicted octanol–water partition coefficient (Wildman–Crippen LogP) is 2.69. The number of piperidine rings is 1. The van der Waals surface area contributed by atoms with Crippen molar-refractivity contribution in [3.63, 3.8) is 0 Å². The van der Waals surface area contributed by atoms with Gasteiger partial charge >= 0.3 is 0 Å². The average molecular weight is 353 g/mol. The maximum absolute atomic E-state index is 12.6. The Bertz CT molecular complexity index is 691. The number of hydrogen-bond donors (Lipinski definition) is 0. The quantitative estimate of drug-likeness (QED) is 0.801. The van der Waals surface area contributed by atoms with Crippen molar-refractivity contribution < 1.29 is 9.53 Å². The summed E-state index contributed by atoms with van der Waals surface area (Å²) in [6.45, 7) is 3.21. The van der Waals surface area contributed by atoms with Crippen LogP contribution >= 0.6 is 0 Å². The first-order valence-electron chi connectivity index (χ1n) is 9.12. The Kier molecular flexibility index (Phi) is 6.23. The summed E-state index contributed by atoms with van der Waals surface area (Å²) >= 11 is 0. The van der Waals surface area contributed by atoms with Gasteiger partial charge in [0, 0.05) is 45.8 Å². The van der Waals surface area contributed by atoms with Gasteiger partial charge < -0.3 is 9.64 Å². The number of nitrogens with zero attached hydrogens (tertiary/aromatic N) is 3. The normalized spacial score (nSPS) is 20.5. The summed E-state index contributed by atoms with van der Waals surface area (Å²) in [4.78, 5) is 20.7. The van der Waals surface area contributed by atoms with Crippen LogP contribution in [0.25, 0.3) is 0 Å². The third kappa shape index (κ3) is 5.05. The molecule has 1 aliphatic rings. The Balaban J connectivity index is 1.66. The first-order valence-corrected chi connectivity index (χ1v) is 9.12. The standard InChI is InChI=1S/C21H27N3O2/c1-23(2)21(25)19-11-18(16-26-20-9-6-10-22-12-20)14-24(15-19)13-17-7-4-3-5-8-17/h3-10,12,18-19H,11,13-16H2,1-2H3/t18-,19+/m0/s1. The molecule has 0 N–H and O–H groups in total. The van der Waals surface area contributed by atoms with E-state index in [4.69, 9.17) is 4.74 Å². The van der Waals surface area contributed by atoms with Gasteiger partial charge in [0.2, 0.25) is 5.91 Å². The predicted molar refractivity (Wildman–Crippen MR) is 102 cm³/mol. The van der Waals surface area contributed by atoms with E-state index in [0.29, 0.717) is 12.5 Å². The monoisotopic (exact) mass is 353 g/mol. The first-order chi connectivity index (χ1) is 12.6. The minimum atomic E-state index is 0.0185. The zero-order valence-corrected chi connectivity index (χ0v) is 15.5. The van der Waals surface area contributed by atoms with Crippen LogP contribution in [0.4, 0.5) is 0 Å². The zero-order chi connectivity index (χ0) is 18.4. The van der Waals surface area contributed by atoms with Crippen LogP contribution in [0.3, 0.4) is 0 Å². The van der Waals surface area contributed by atoms with Gasteiger partial charge in [-0.05, 0) is 24.1 Å². The SMILES string of the molecule is CN(C)C(=O)[C@@H]1C[C@H](COc2cccnc2)CN(Cc2ccccc2)C1. The average Bonchev–Trinajstić information content (AvgIpc) is 2.67. The maximum atomic E-state index is 12.6. The van der Waals surface area contributed by atoms with Crippen LogP contribution < -0.4 is 4.74 Å². The molecule has 26 heavy (non-hydrogen) atoms. The molecule has 0 radical (unpaired) electrons. The Labute approximate surface area is 155 Å². The lowest BCUT2D eigenvalue weighted by molar-refractivity contribution is -0.135. The zero-order valence-electron chi connectivity index (χ0n) is 15.5. The topological polar surface area (TPSA) is 45.7 Å². The number of carbonyl (C=O) groups excluding carboxylic acids is 1. The van der Waals surface area contributed by atoms with E-state index in [-0.39, 0.29) is 11.8 Å². The number of carbonyl (C=O) groups is 1. The lowest BCUT2D eigenvalue weighted by Crippen LogP contribution is -2.47. The van der Waals surface area contributed by atoms with Crippen LogP contribution in [0.5, 0.6) is 5.75 Å². The smallest absolute Gasteiger partial charge is 0.226 e. The van der Waals surface area contributed by atoms with Crippen LogP contribution in [-0.2, 0) is 11.3 Å². The number of rotatable bonds is 6. The van der Waals surface area contributed by atoms with Gasteiger partial charge in [0.15, 0.2) is 0 Å². The molecule has 1 aromatic heterocycles. The summed E-state index contributed by atoms with van der Waals surface area (Å²) in [5, 5.41) is 0. The molecule has 1 saturated heterocycles. The summed E-state index contributed by atoms with van der Waals surface area (Å²) in [5.41, 5.74) is 1.28. The molecule has 0 unspecified atom stereocenters. The molecule has 2 aromatic rings. The molecular formula is C21H27N3O2. The number of hydrogen-bond acceptors (Lipinski definition) is 4.